The number of carbonyl (C=O) groups is 3. The van der Waals surface area contributed by atoms with Crippen LogP contribution in [0.25, 0.3) is 5.52 Å². The summed E-state index contributed by atoms with van der Waals surface area (Å²) in [6.07, 6.45) is -1.66. The zero-order valence-corrected chi connectivity index (χ0v) is 29.0. The van der Waals surface area contributed by atoms with E-state index in [0.29, 0.717) is 17.6 Å². The quantitative estimate of drug-likeness (QED) is 0.129. The van der Waals surface area contributed by atoms with Gasteiger partial charge in [-0.15, -0.1) is 0 Å². The molecule has 1 aliphatic rings. The van der Waals surface area contributed by atoms with E-state index >= 15 is 0 Å². The van der Waals surface area contributed by atoms with Gasteiger partial charge in [0.25, 0.3) is 0 Å². The van der Waals surface area contributed by atoms with Crippen molar-refractivity contribution in [2.45, 2.75) is 84.8 Å². The van der Waals surface area contributed by atoms with Crippen LogP contribution in [0.15, 0.2) is 48.8 Å². The van der Waals surface area contributed by atoms with Gasteiger partial charge in [-0.2, -0.15) is 10.2 Å². The van der Waals surface area contributed by atoms with Crippen molar-refractivity contribution < 1.29 is 46.9 Å². The van der Waals surface area contributed by atoms with E-state index in [0.717, 1.165) is 0 Å². The number of ether oxygens (including phenoxy) is 4. The van der Waals surface area contributed by atoms with Gasteiger partial charge in [-0.1, -0.05) is 52.8 Å². The van der Waals surface area contributed by atoms with E-state index in [9.17, 15) is 18.9 Å². The number of nitrogens with one attached hydrogen (secondary N) is 1. The second kappa shape index (κ2) is 15.5. The molecule has 1 fully saturated rings. The molecule has 16 heteroatoms. The molecule has 3 aromatic rings. The summed E-state index contributed by atoms with van der Waals surface area (Å²) >= 11 is 0. The number of aromatic nitrogens is 3. The highest BCUT2D eigenvalue weighted by atomic mass is 31.2. The molecule has 0 saturated carbocycles. The highest BCUT2D eigenvalue weighted by Crippen LogP contribution is 2.50. The Bertz CT molecular complexity index is 1630. The van der Waals surface area contributed by atoms with Gasteiger partial charge in [0.2, 0.25) is 0 Å². The van der Waals surface area contributed by atoms with Crippen molar-refractivity contribution in [3.63, 3.8) is 0 Å². The number of esters is 3. The SMILES string of the molecule is CCCOC(=O)[C@H](C)N[P@](=O)(OC[C@@]1(C)O[C@@H](c2ccc3c(N)ncnn23)[C@H](OC(=O)C(C)C)[C@@H]1OC(=O)C(C)C)Oc1ccccc1. The van der Waals surface area contributed by atoms with Gasteiger partial charge < -0.3 is 29.2 Å². The number of benzene rings is 1. The molecule has 4 rings (SSSR count). The number of nitrogens with zero attached hydrogens (tertiary/aromatic N) is 3. The van der Waals surface area contributed by atoms with E-state index in [-0.39, 0.29) is 18.2 Å². The molecular weight excluding hydrogens is 645 g/mol. The molecule has 15 nitrogen and oxygen atoms in total. The van der Waals surface area contributed by atoms with Gasteiger partial charge in [-0.05, 0) is 44.5 Å². The molecule has 0 bridgehead atoms. The van der Waals surface area contributed by atoms with Crippen LogP contribution in [0.4, 0.5) is 5.82 Å². The van der Waals surface area contributed by atoms with Crippen LogP contribution in [0.3, 0.4) is 0 Å². The van der Waals surface area contributed by atoms with Gasteiger partial charge in [0.05, 0.1) is 30.7 Å². The highest BCUT2D eigenvalue weighted by Gasteiger charge is 2.59. The molecule has 6 atom stereocenters. The van der Waals surface area contributed by atoms with Gasteiger partial charge in [0, 0.05) is 0 Å². The molecule has 0 aliphatic carbocycles. The van der Waals surface area contributed by atoms with Crippen LogP contribution in [0.1, 0.15) is 66.7 Å². The van der Waals surface area contributed by atoms with Crippen molar-refractivity contribution in [3.8, 4) is 5.75 Å². The maximum Gasteiger partial charge on any atom is 0.459 e. The fourth-order valence-electron chi connectivity index (χ4n) is 4.85. The van der Waals surface area contributed by atoms with E-state index in [4.69, 9.17) is 33.7 Å². The number of anilines is 1. The first-order valence-electron chi connectivity index (χ1n) is 15.8. The molecule has 0 radical (unpaired) electrons. The van der Waals surface area contributed by atoms with Gasteiger partial charge >= 0.3 is 25.7 Å². The molecule has 0 amide bonds. The number of para-hydroxylation sites is 1. The fraction of sp³-hybridized carbons (Fsp3) is 0.531. The van der Waals surface area contributed by atoms with Gasteiger partial charge in [-0.3, -0.25) is 18.9 Å². The van der Waals surface area contributed by atoms with Crippen LogP contribution < -0.4 is 15.3 Å². The Labute approximate surface area is 279 Å². The first kappa shape index (κ1) is 36.8. The lowest BCUT2D eigenvalue weighted by Gasteiger charge is -2.33. The molecule has 3 N–H and O–H groups in total. The zero-order valence-electron chi connectivity index (χ0n) is 28.2. The summed E-state index contributed by atoms with van der Waals surface area (Å²) in [6.45, 7) is 11.2. The lowest BCUT2D eigenvalue weighted by molar-refractivity contribution is -0.175. The third-order valence-electron chi connectivity index (χ3n) is 7.48. The smallest absolute Gasteiger partial charge is 0.459 e. The minimum atomic E-state index is -4.37. The lowest BCUT2D eigenvalue weighted by atomic mass is 9.95. The topological polar surface area (TPSA) is 192 Å². The first-order chi connectivity index (χ1) is 22.7. The predicted octanol–water partition coefficient (Wildman–Crippen LogP) is 4.41. The average molecular weight is 690 g/mol. The Morgan fingerprint density at radius 3 is 2.33 bits per heavy atom. The highest BCUT2D eigenvalue weighted by molar-refractivity contribution is 7.52. The van der Waals surface area contributed by atoms with E-state index in [1.807, 2.05) is 6.92 Å². The van der Waals surface area contributed by atoms with Gasteiger partial charge in [0.15, 0.2) is 18.0 Å². The molecule has 1 aliphatic heterocycles. The number of nitrogen functional groups attached to an aromatic ring is 1. The Morgan fingerprint density at radius 1 is 1.02 bits per heavy atom. The third-order valence-corrected chi connectivity index (χ3v) is 9.10. The standard InChI is InChI=1S/C32H44N5O10P/c1-8-16-42-31(40)21(6)36-48(41,47-22-12-10-9-11-13-22)43-17-32(7)27(45-30(39)20(4)5)26(44-29(38)19(2)3)25(46-32)23-14-15-24-28(33)34-18-35-37(23)24/h9-15,18-21,25-27H,8,16-17H2,1-7H3,(H,36,41)(H2,33,34,35)/t21-,25-,26-,27-,32+,48-/m0/s1. The van der Waals surface area contributed by atoms with Crippen molar-refractivity contribution >= 4 is 37.0 Å². The normalized spacial score (nSPS) is 22.7. The summed E-state index contributed by atoms with van der Waals surface area (Å²) in [7, 11) is -4.37. The van der Waals surface area contributed by atoms with Crippen molar-refractivity contribution in [1.29, 1.82) is 0 Å². The summed E-state index contributed by atoms with van der Waals surface area (Å²) in [5, 5.41) is 6.95. The van der Waals surface area contributed by atoms with Crippen molar-refractivity contribution in [2.24, 2.45) is 11.8 Å². The molecule has 2 aromatic heterocycles. The average Bonchev–Trinajstić information content (AvgIpc) is 3.59. The monoisotopic (exact) mass is 689 g/mol. The van der Waals surface area contributed by atoms with E-state index in [2.05, 4.69) is 15.2 Å². The number of nitrogens with two attached hydrogens (primary N) is 1. The summed E-state index contributed by atoms with van der Waals surface area (Å²) in [4.78, 5) is 42.8. The number of hydrogen-bond acceptors (Lipinski definition) is 13. The van der Waals surface area contributed by atoms with Crippen LogP contribution in [-0.2, 0) is 42.4 Å². The van der Waals surface area contributed by atoms with Crippen LogP contribution in [-0.4, -0.2) is 69.6 Å². The maximum absolute atomic E-state index is 14.3. The fourth-order valence-corrected chi connectivity index (χ4v) is 6.44. The van der Waals surface area contributed by atoms with Crippen LogP contribution in [0, 0.1) is 11.8 Å². The summed E-state index contributed by atoms with van der Waals surface area (Å²) in [6, 6.07) is 10.5. The maximum atomic E-state index is 14.3. The Hall–Kier alpha value is -4.04. The molecule has 3 heterocycles. The minimum absolute atomic E-state index is 0.174. The van der Waals surface area contributed by atoms with Crippen LogP contribution in [0.5, 0.6) is 5.75 Å². The number of fused-ring (bicyclic) bond motifs is 1. The Morgan fingerprint density at radius 2 is 1.69 bits per heavy atom. The first-order valence-corrected chi connectivity index (χ1v) is 17.3. The number of rotatable bonds is 15. The molecular formula is C32H44N5O10P. The van der Waals surface area contributed by atoms with Crippen molar-refractivity contribution in [3.05, 3.63) is 54.5 Å². The molecule has 262 valence electrons. The van der Waals surface area contributed by atoms with E-state index in [1.54, 1.807) is 77.1 Å². The molecule has 0 spiro atoms. The van der Waals surface area contributed by atoms with Crippen LogP contribution >= 0.6 is 7.75 Å². The number of hydrogen-bond donors (Lipinski definition) is 2. The summed E-state index contributed by atoms with van der Waals surface area (Å²) < 4.78 is 51.4. The van der Waals surface area contributed by atoms with Gasteiger partial charge in [0.1, 0.15) is 35.3 Å². The molecule has 48 heavy (non-hydrogen) atoms. The van der Waals surface area contributed by atoms with Crippen molar-refractivity contribution in [2.75, 3.05) is 18.9 Å². The second-order valence-electron chi connectivity index (χ2n) is 12.3. The Balaban J connectivity index is 1.75. The van der Waals surface area contributed by atoms with E-state index < -0.39 is 74.1 Å². The van der Waals surface area contributed by atoms with E-state index in [1.165, 1.54) is 17.8 Å². The third kappa shape index (κ3) is 8.51. The van der Waals surface area contributed by atoms with Crippen LogP contribution in [0.2, 0.25) is 0 Å². The van der Waals surface area contributed by atoms with Gasteiger partial charge in [-0.25, -0.2) is 14.1 Å². The minimum Gasteiger partial charge on any atom is -0.465 e. The summed E-state index contributed by atoms with van der Waals surface area (Å²) in [5.41, 5.74) is 5.38. The predicted molar refractivity (Wildman–Crippen MR) is 174 cm³/mol. The molecule has 0 unspecified atom stereocenters. The van der Waals surface area contributed by atoms with Crippen molar-refractivity contribution in [1.82, 2.24) is 19.7 Å². The number of carbonyl (C=O) groups excluding carboxylic acids is 3. The second-order valence-corrected chi connectivity index (χ2v) is 14.0. The lowest BCUT2D eigenvalue weighted by Crippen LogP contribution is -2.49. The molecule has 1 aromatic carbocycles. The molecule has 1 saturated heterocycles. The Kier molecular flexibility index (Phi) is 11.8. The summed E-state index contributed by atoms with van der Waals surface area (Å²) in [5.74, 6) is -2.51. The largest absolute Gasteiger partial charge is 0.465 e. The zero-order chi connectivity index (χ0) is 35.2.